The molecule has 1 heterocycles. The van der Waals surface area contributed by atoms with E-state index in [0.717, 1.165) is 22.0 Å². The number of rotatable bonds is 5. The lowest BCUT2D eigenvalue weighted by molar-refractivity contribution is -0.139. The maximum Gasteiger partial charge on any atom is 0.408 e. The number of para-hydroxylation sites is 1. The van der Waals surface area contributed by atoms with Crippen molar-refractivity contribution in [1.29, 1.82) is 0 Å². The Morgan fingerprint density at radius 3 is 2.31 bits per heavy atom. The number of amides is 1. The quantitative estimate of drug-likeness (QED) is 0.629. The average molecular weight is 437 g/mol. The van der Waals surface area contributed by atoms with Crippen molar-refractivity contribution in [2.24, 2.45) is 7.05 Å². The lowest BCUT2D eigenvalue weighted by atomic mass is 9.96. The predicted octanol–water partition coefficient (Wildman–Crippen LogP) is 4.03. The summed E-state index contributed by atoms with van der Waals surface area (Å²) in [6.45, 7) is 7.05. The molecule has 0 saturated carbocycles. The van der Waals surface area contributed by atoms with Gasteiger partial charge in [-0.05, 0) is 50.5 Å². The summed E-state index contributed by atoms with van der Waals surface area (Å²) in [5.41, 5.74) is 3.03. The standard InChI is InChI=1S/C25H28N2O5/c1-15-18-8-6-7-9-20(18)27(5)22(28)21(15)17-12-10-16(11-13-17)14-19(23(29)30)26-24(31)32-25(2,3)4/h6-13,19H,14H2,1-5H3,(H,26,31)(H,29,30). The number of alkyl carbamates (subject to hydrolysis) is 1. The van der Waals surface area contributed by atoms with E-state index in [-0.39, 0.29) is 12.0 Å². The second-order valence-corrected chi connectivity index (χ2v) is 8.82. The van der Waals surface area contributed by atoms with Gasteiger partial charge in [0.25, 0.3) is 5.56 Å². The molecule has 0 fully saturated rings. The molecule has 3 rings (SSSR count). The molecule has 7 nitrogen and oxygen atoms in total. The first kappa shape index (κ1) is 23.1. The number of aliphatic carboxylic acids is 1. The third kappa shape index (κ3) is 4.99. The number of hydrogen-bond acceptors (Lipinski definition) is 4. The van der Waals surface area contributed by atoms with Crippen LogP contribution in [-0.4, -0.2) is 33.4 Å². The molecule has 0 aliphatic heterocycles. The van der Waals surface area contributed by atoms with Crippen LogP contribution in [0.25, 0.3) is 22.0 Å². The van der Waals surface area contributed by atoms with Gasteiger partial charge in [0, 0.05) is 18.9 Å². The number of pyridine rings is 1. The van der Waals surface area contributed by atoms with Crippen molar-refractivity contribution in [3.8, 4) is 11.1 Å². The number of fused-ring (bicyclic) bond motifs is 1. The van der Waals surface area contributed by atoms with Crippen LogP contribution in [0.2, 0.25) is 0 Å². The summed E-state index contributed by atoms with van der Waals surface area (Å²) in [6, 6.07) is 13.8. The largest absolute Gasteiger partial charge is 0.480 e. The monoisotopic (exact) mass is 436 g/mol. The van der Waals surface area contributed by atoms with Gasteiger partial charge >= 0.3 is 12.1 Å². The third-order valence-electron chi connectivity index (χ3n) is 5.23. The molecule has 0 aliphatic rings. The van der Waals surface area contributed by atoms with E-state index in [4.69, 9.17) is 4.74 Å². The number of carboxylic acids is 1. The molecule has 0 spiro atoms. The number of aryl methyl sites for hydroxylation is 2. The summed E-state index contributed by atoms with van der Waals surface area (Å²) in [6.07, 6.45) is -0.694. The zero-order valence-corrected chi connectivity index (χ0v) is 18.9. The fourth-order valence-corrected chi connectivity index (χ4v) is 3.69. The van der Waals surface area contributed by atoms with E-state index >= 15 is 0 Å². The van der Waals surface area contributed by atoms with E-state index in [0.29, 0.717) is 11.1 Å². The first-order valence-electron chi connectivity index (χ1n) is 10.4. The van der Waals surface area contributed by atoms with E-state index in [1.54, 1.807) is 56.7 Å². The fraction of sp³-hybridized carbons (Fsp3) is 0.320. The summed E-state index contributed by atoms with van der Waals surface area (Å²) < 4.78 is 6.79. The molecule has 1 unspecified atom stereocenters. The highest BCUT2D eigenvalue weighted by molar-refractivity contribution is 5.88. The minimum atomic E-state index is -1.15. The molecule has 1 atom stereocenters. The molecule has 2 aromatic carbocycles. The second-order valence-electron chi connectivity index (χ2n) is 8.82. The molecule has 168 valence electrons. The topological polar surface area (TPSA) is 97.6 Å². The Balaban J connectivity index is 1.87. The highest BCUT2D eigenvalue weighted by atomic mass is 16.6. The molecule has 2 N–H and O–H groups in total. The van der Waals surface area contributed by atoms with Crippen molar-refractivity contribution >= 4 is 23.0 Å². The lowest BCUT2D eigenvalue weighted by Crippen LogP contribution is -2.44. The number of nitrogens with one attached hydrogen (secondary N) is 1. The van der Waals surface area contributed by atoms with E-state index in [1.807, 2.05) is 31.2 Å². The first-order valence-corrected chi connectivity index (χ1v) is 10.4. The van der Waals surface area contributed by atoms with Crippen LogP contribution in [0.1, 0.15) is 31.9 Å². The van der Waals surface area contributed by atoms with Crippen molar-refractivity contribution < 1.29 is 19.4 Å². The van der Waals surface area contributed by atoms with Gasteiger partial charge in [0.15, 0.2) is 0 Å². The Bertz CT molecular complexity index is 1220. The van der Waals surface area contributed by atoms with Crippen LogP contribution in [0.5, 0.6) is 0 Å². The third-order valence-corrected chi connectivity index (χ3v) is 5.23. The molecule has 32 heavy (non-hydrogen) atoms. The first-order chi connectivity index (χ1) is 15.0. The zero-order chi connectivity index (χ0) is 23.6. The summed E-state index contributed by atoms with van der Waals surface area (Å²) >= 11 is 0. The summed E-state index contributed by atoms with van der Waals surface area (Å²) in [5, 5.41) is 12.9. The van der Waals surface area contributed by atoms with E-state index in [2.05, 4.69) is 5.32 Å². The summed E-state index contributed by atoms with van der Waals surface area (Å²) in [7, 11) is 1.75. The van der Waals surface area contributed by atoms with Crippen molar-refractivity contribution in [2.75, 3.05) is 0 Å². The van der Waals surface area contributed by atoms with Crippen molar-refractivity contribution in [1.82, 2.24) is 9.88 Å². The molecule has 0 bridgehead atoms. The van der Waals surface area contributed by atoms with Crippen LogP contribution in [0.15, 0.2) is 53.3 Å². The van der Waals surface area contributed by atoms with Crippen molar-refractivity contribution in [3.63, 3.8) is 0 Å². The van der Waals surface area contributed by atoms with Gasteiger partial charge in [-0.15, -0.1) is 0 Å². The van der Waals surface area contributed by atoms with E-state index in [1.165, 1.54) is 0 Å². The molecular formula is C25H28N2O5. The van der Waals surface area contributed by atoms with E-state index < -0.39 is 23.7 Å². The van der Waals surface area contributed by atoms with Gasteiger partial charge in [0.2, 0.25) is 0 Å². The molecule has 3 aromatic rings. The normalized spacial score (nSPS) is 12.4. The minimum Gasteiger partial charge on any atom is -0.480 e. The molecular weight excluding hydrogens is 408 g/mol. The number of benzene rings is 2. The SMILES string of the molecule is Cc1c(-c2ccc(CC(NC(=O)OC(C)(C)C)C(=O)O)cc2)c(=O)n(C)c2ccccc12. The number of carbonyl (C=O) groups is 2. The number of carboxylic acid groups (broad SMARTS) is 1. The highest BCUT2D eigenvalue weighted by Crippen LogP contribution is 2.26. The predicted molar refractivity (Wildman–Crippen MR) is 124 cm³/mol. The number of aromatic nitrogens is 1. The molecule has 0 saturated heterocycles. The maximum absolute atomic E-state index is 13.0. The smallest absolute Gasteiger partial charge is 0.408 e. The van der Waals surface area contributed by atoms with Crippen LogP contribution >= 0.6 is 0 Å². The fourth-order valence-electron chi connectivity index (χ4n) is 3.69. The number of ether oxygens (including phenoxy) is 1. The Morgan fingerprint density at radius 2 is 1.72 bits per heavy atom. The Hall–Kier alpha value is -3.61. The van der Waals surface area contributed by atoms with Gasteiger partial charge in [-0.3, -0.25) is 4.79 Å². The summed E-state index contributed by atoms with van der Waals surface area (Å²) in [4.78, 5) is 36.6. The molecule has 1 aromatic heterocycles. The van der Waals surface area contributed by atoms with Crippen LogP contribution < -0.4 is 10.9 Å². The Morgan fingerprint density at radius 1 is 1.09 bits per heavy atom. The Kier molecular flexibility index (Phi) is 6.39. The van der Waals surface area contributed by atoms with Gasteiger partial charge in [-0.2, -0.15) is 0 Å². The minimum absolute atomic E-state index is 0.0869. The second kappa shape index (κ2) is 8.86. The number of nitrogens with zero attached hydrogens (tertiary/aromatic N) is 1. The van der Waals surface area contributed by atoms with Crippen molar-refractivity contribution in [3.05, 3.63) is 70.0 Å². The van der Waals surface area contributed by atoms with Crippen molar-refractivity contribution in [2.45, 2.75) is 45.8 Å². The Labute approximate surface area is 186 Å². The van der Waals surface area contributed by atoms with E-state index in [9.17, 15) is 19.5 Å². The van der Waals surface area contributed by atoms with Gasteiger partial charge in [-0.25, -0.2) is 9.59 Å². The number of carbonyl (C=O) groups excluding carboxylic acids is 1. The molecule has 0 radical (unpaired) electrons. The molecule has 1 amide bonds. The van der Waals surface area contributed by atoms with Crippen LogP contribution in [0.4, 0.5) is 4.79 Å². The molecule has 7 heteroatoms. The van der Waals surface area contributed by atoms with Crippen LogP contribution in [0, 0.1) is 6.92 Å². The van der Waals surface area contributed by atoms with Gasteiger partial charge in [0.05, 0.1) is 11.1 Å². The zero-order valence-electron chi connectivity index (χ0n) is 18.9. The van der Waals surface area contributed by atoms with Gasteiger partial charge in [-0.1, -0.05) is 42.5 Å². The van der Waals surface area contributed by atoms with Gasteiger partial charge in [0.1, 0.15) is 11.6 Å². The highest BCUT2D eigenvalue weighted by Gasteiger charge is 2.24. The van der Waals surface area contributed by atoms with Gasteiger partial charge < -0.3 is 19.7 Å². The number of hydrogen-bond donors (Lipinski definition) is 2. The average Bonchev–Trinajstić information content (AvgIpc) is 2.71. The lowest BCUT2D eigenvalue weighted by Gasteiger charge is -2.22. The summed E-state index contributed by atoms with van der Waals surface area (Å²) in [5.74, 6) is -1.15. The molecule has 0 aliphatic carbocycles. The van der Waals surface area contributed by atoms with Crippen LogP contribution in [-0.2, 0) is 23.0 Å². The van der Waals surface area contributed by atoms with Crippen LogP contribution in [0.3, 0.4) is 0 Å². The maximum atomic E-state index is 13.0.